The molecule has 1 saturated heterocycles. The summed E-state index contributed by atoms with van der Waals surface area (Å²) in [6.07, 6.45) is 3.41. The first kappa shape index (κ1) is 29.5. The Hall–Kier alpha value is -3.02. The van der Waals surface area contributed by atoms with Gasteiger partial charge in [-0.05, 0) is 56.3 Å². The lowest BCUT2D eigenvalue weighted by Crippen LogP contribution is -2.65. The van der Waals surface area contributed by atoms with Crippen LogP contribution in [0, 0.1) is 23.2 Å². The number of nitrogens with zero attached hydrogens (tertiary/aromatic N) is 2. The first-order valence-electron chi connectivity index (χ1n) is 14.6. The summed E-state index contributed by atoms with van der Waals surface area (Å²) in [5, 5.41) is 15.9. The molecule has 1 unspecified atom stereocenters. The standard InChI is InChI=1S/C30H41BN4O6/c1-17(2)12-24(31-40-23-14-20-13-22(29(20,4)5)30(23,6)41-31)34-27(37)26(18(3)36)35-28(38)39-25-16-32-15-21(33-25)19-10-8-7-9-11-19/h7-11,15-18,20,22-24,26,36H,12-14H2,1-6H3,(H,34,37)(H,35,38)/t18-,20+,22?,23-,24+,26+,30+/m1/s1. The molecule has 220 valence electrons. The summed E-state index contributed by atoms with van der Waals surface area (Å²) in [4.78, 5) is 34.7. The molecule has 2 bridgehead atoms. The number of carbonyl (C=O) groups is 2. The lowest BCUT2D eigenvalue weighted by molar-refractivity contribution is -0.199. The van der Waals surface area contributed by atoms with Crippen LogP contribution in [0.25, 0.3) is 11.3 Å². The van der Waals surface area contributed by atoms with Crippen molar-refractivity contribution >= 4 is 19.1 Å². The van der Waals surface area contributed by atoms with E-state index in [0.717, 1.165) is 18.4 Å². The number of hydrogen-bond donors (Lipinski definition) is 3. The number of aliphatic hydroxyl groups is 1. The van der Waals surface area contributed by atoms with Gasteiger partial charge in [0.05, 0.1) is 41.8 Å². The zero-order chi connectivity index (χ0) is 29.5. The van der Waals surface area contributed by atoms with Crippen LogP contribution in [-0.4, -0.2) is 64.0 Å². The van der Waals surface area contributed by atoms with Crippen molar-refractivity contribution in [2.24, 2.45) is 23.2 Å². The minimum absolute atomic E-state index is 0.0238. The summed E-state index contributed by atoms with van der Waals surface area (Å²) in [7, 11) is -0.621. The Balaban J connectivity index is 1.25. The van der Waals surface area contributed by atoms with Crippen LogP contribution in [0.15, 0.2) is 42.7 Å². The third-order valence-electron chi connectivity index (χ3n) is 9.27. The molecule has 0 spiro atoms. The average Bonchev–Trinajstić information content (AvgIpc) is 3.28. The van der Waals surface area contributed by atoms with Gasteiger partial charge >= 0.3 is 13.2 Å². The van der Waals surface area contributed by atoms with Gasteiger partial charge in [0.2, 0.25) is 11.8 Å². The maximum atomic E-state index is 13.4. The second-order valence-corrected chi connectivity index (χ2v) is 12.9. The molecule has 7 atom stereocenters. The quantitative estimate of drug-likeness (QED) is 0.392. The monoisotopic (exact) mass is 564 g/mol. The molecule has 6 rings (SSSR count). The highest BCUT2D eigenvalue weighted by Crippen LogP contribution is 2.65. The van der Waals surface area contributed by atoms with E-state index in [1.165, 1.54) is 13.1 Å². The van der Waals surface area contributed by atoms with Gasteiger partial charge in [0.1, 0.15) is 6.04 Å². The Morgan fingerprint density at radius 2 is 1.85 bits per heavy atom. The number of amides is 2. The van der Waals surface area contributed by atoms with E-state index in [4.69, 9.17) is 14.0 Å². The second kappa shape index (κ2) is 11.3. The van der Waals surface area contributed by atoms with Crippen molar-refractivity contribution in [2.45, 2.75) is 90.6 Å². The van der Waals surface area contributed by atoms with E-state index in [0.29, 0.717) is 24.0 Å². The van der Waals surface area contributed by atoms with Gasteiger partial charge in [-0.3, -0.25) is 9.78 Å². The molecular formula is C30H41BN4O6. The fraction of sp³-hybridized carbons (Fsp3) is 0.600. The van der Waals surface area contributed by atoms with Crippen molar-refractivity contribution in [1.29, 1.82) is 0 Å². The minimum Gasteiger partial charge on any atom is -0.404 e. The molecule has 1 aliphatic heterocycles. The zero-order valence-corrected chi connectivity index (χ0v) is 24.7. The van der Waals surface area contributed by atoms with Crippen molar-refractivity contribution in [3.05, 3.63) is 42.7 Å². The van der Waals surface area contributed by atoms with E-state index < -0.39 is 42.8 Å². The lowest BCUT2D eigenvalue weighted by Gasteiger charge is -2.64. The van der Waals surface area contributed by atoms with Crippen molar-refractivity contribution < 1.29 is 28.7 Å². The molecule has 4 aliphatic rings. The fourth-order valence-corrected chi connectivity index (χ4v) is 6.89. The predicted molar refractivity (Wildman–Crippen MR) is 154 cm³/mol. The van der Waals surface area contributed by atoms with Crippen LogP contribution in [0.4, 0.5) is 4.79 Å². The number of aliphatic hydroxyl groups excluding tert-OH is 1. The molecule has 11 heteroatoms. The van der Waals surface area contributed by atoms with Crippen LogP contribution < -0.4 is 15.4 Å². The summed E-state index contributed by atoms with van der Waals surface area (Å²) in [6, 6.07) is 8.09. The molecular weight excluding hydrogens is 523 g/mol. The number of aromatic nitrogens is 2. The molecule has 1 aromatic carbocycles. The number of rotatable bonds is 9. The van der Waals surface area contributed by atoms with Crippen LogP contribution in [-0.2, 0) is 14.1 Å². The van der Waals surface area contributed by atoms with Gasteiger partial charge in [-0.1, -0.05) is 58.0 Å². The smallest absolute Gasteiger partial charge is 0.404 e. The van der Waals surface area contributed by atoms with Gasteiger partial charge in [0.15, 0.2) is 0 Å². The molecule has 3 N–H and O–H groups in total. The van der Waals surface area contributed by atoms with E-state index in [-0.39, 0.29) is 23.3 Å². The molecule has 41 heavy (non-hydrogen) atoms. The number of ether oxygens (including phenoxy) is 1. The van der Waals surface area contributed by atoms with Crippen LogP contribution >= 0.6 is 0 Å². The topological polar surface area (TPSA) is 132 Å². The van der Waals surface area contributed by atoms with Crippen molar-refractivity contribution in [2.75, 3.05) is 0 Å². The van der Waals surface area contributed by atoms with E-state index in [1.54, 1.807) is 6.20 Å². The number of carbonyl (C=O) groups excluding carboxylic acids is 2. The van der Waals surface area contributed by atoms with Gasteiger partial charge in [-0.15, -0.1) is 0 Å². The Morgan fingerprint density at radius 3 is 2.51 bits per heavy atom. The molecule has 4 fully saturated rings. The molecule has 3 saturated carbocycles. The molecule has 10 nitrogen and oxygen atoms in total. The Kier molecular flexibility index (Phi) is 8.15. The minimum atomic E-state index is -1.27. The van der Waals surface area contributed by atoms with Gasteiger partial charge in [0.25, 0.3) is 0 Å². The van der Waals surface area contributed by atoms with E-state index in [1.807, 2.05) is 30.3 Å². The molecule has 0 radical (unpaired) electrons. The zero-order valence-electron chi connectivity index (χ0n) is 24.7. The van der Waals surface area contributed by atoms with Gasteiger partial charge < -0.3 is 29.8 Å². The summed E-state index contributed by atoms with van der Waals surface area (Å²) in [5.41, 5.74) is 1.13. The van der Waals surface area contributed by atoms with Crippen LogP contribution in [0.3, 0.4) is 0 Å². The first-order valence-corrected chi connectivity index (χ1v) is 14.6. The van der Waals surface area contributed by atoms with Crippen molar-refractivity contribution in [3.8, 4) is 17.1 Å². The summed E-state index contributed by atoms with van der Waals surface area (Å²) in [6.45, 7) is 12.3. The number of hydrogen-bond acceptors (Lipinski definition) is 8. The highest BCUT2D eigenvalue weighted by atomic mass is 16.7. The first-order chi connectivity index (χ1) is 19.4. The third-order valence-corrected chi connectivity index (χ3v) is 9.27. The number of nitrogens with one attached hydrogen (secondary N) is 2. The molecule has 2 heterocycles. The Labute approximate surface area is 242 Å². The van der Waals surface area contributed by atoms with E-state index in [9.17, 15) is 14.7 Å². The van der Waals surface area contributed by atoms with E-state index >= 15 is 0 Å². The van der Waals surface area contributed by atoms with Gasteiger partial charge in [-0.25, -0.2) is 9.78 Å². The molecule has 1 aromatic heterocycles. The van der Waals surface area contributed by atoms with Gasteiger partial charge in [0, 0.05) is 5.56 Å². The van der Waals surface area contributed by atoms with Crippen LogP contribution in [0.5, 0.6) is 5.88 Å². The molecule has 2 aromatic rings. The highest BCUT2D eigenvalue weighted by molar-refractivity contribution is 6.48. The molecule has 3 aliphatic carbocycles. The van der Waals surface area contributed by atoms with Gasteiger partial charge in [-0.2, -0.15) is 0 Å². The molecule has 2 amide bonds. The largest absolute Gasteiger partial charge is 0.481 e. The Morgan fingerprint density at radius 1 is 1.12 bits per heavy atom. The van der Waals surface area contributed by atoms with Crippen LogP contribution in [0.1, 0.15) is 60.8 Å². The maximum absolute atomic E-state index is 13.4. The summed E-state index contributed by atoms with van der Waals surface area (Å²) < 4.78 is 18.4. The second-order valence-electron chi connectivity index (χ2n) is 12.9. The summed E-state index contributed by atoms with van der Waals surface area (Å²) >= 11 is 0. The Bertz CT molecular complexity index is 1260. The summed E-state index contributed by atoms with van der Waals surface area (Å²) in [5.74, 6) is 0.201. The van der Waals surface area contributed by atoms with Crippen molar-refractivity contribution in [3.63, 3.8) is 0 Å². The van der Waals surface area contributed by atoms with Crippen LogP contribution in [0.2, 0.25) is 0 Å². The fourth-order valence-electron chi connectivity index (χ4n) is 6.89. The maximum Gasteiger partial charge on any atom is 0.481 e. The predicted octanol–water partition coefficient (Wildman–Crippen LogP) is 3.78. The third kappa shape index (κ3) is 5.85. The normalized spacial score (nSPS) is 28.2. The highest BCUT2D eigenvalue weighted by Gasteiger charge is 2.68. The SMILES string of the molecule is CC(C)C[C@H](NC(=O)[C@@H](NC(=O)Oc1cncc(-c2ccccc2)n1)[C@@H](C)O)B1O[C@@H]2C[C@@H]3CC(C3(C)C)[C@]2(C)O1. The number of benzene rings is 1. The lowest BCUT2D eigenvalue weighted by atomic mass is 9.43. The van der Waals surface area contributed by atoms with E-state index in [2.05, 4.69) is 55.2 Å². The van der Waals surface area contributed by atoms with Crippen molar-refractivity contribution in [1.82, 2.24) is 20.6 Å². The average molecular weight is 564 g/mol.